The smallest absolute Gasteiger partial charge is 0.344 e. The molecule has 148 valence electrons. The Kier molecular flexibility index (Phi) is 6.76. The third-order valence-corrected chi connectivity index (χ3v) is 4.05. The van der Waals surface area contributed by atoms with Gasteiger partial charge in [-0.15, -0.1) is 0 Å². The molecule has 7 nitrogen and oxygen atoms in total. The van der Waals surface area contributed by atoms with Gasteiger partial charge < -0.3 is 20.5 Å². The van der Waals surface area contributed by atoms with Crippen molar-refractivity contribution in [2.45, 2.75) is 33.8 Å². The lowest BCUT2D eigenvalue weighted by atomic mass is 10.1. The minimum atomic E-state index is -1.01. The summed E-state index contributed by atoms with van der Waals surface area (Å²) in [6.45, 7) is 6.96. The molecule has 0 spiro atoms. The molecular formula is C21H24N2O5. The standard InChI is InChI=1S/C21H24N2O5/c1-12-9-13(2)19(14(3)10-12)27-11-18(24)28-15(4)21(26)23-17-7-5-16(6-8-17)20(22)25/h5-10,15H,11H2,1-4H3,(H2,22,25)(H,23,26)/t15-/m0/s1. The third kappa shape index (κ3) is 5.57. The minimum Gasteiger partial charge on any atom is -0.481 e. The van der Waals surface area contributed by atoms with Gasteiger partial charge in [0.1, 0.15) is 5.75 Å². The molecule has 0 bridgehead atoms. The number of nitrogens with one attached hydrogen (secondary N) is 1. The van der Waals surface area contributed by atoms with Crippen LogP contribution in [0.2, 0.25) is 0 Å². The first kappa shape index (κ1) is 21.0. The van der Waals surface area contributed by atoms with E-state index >= 15 is 0 Å². The second-order valence-electron chi connectivity index (χ2n) is 6.58. The fraction of sp³-hybridized carbons (Fsp3) is 0.286. The Morgan fingerprint density at radius 3 is 2.14 bits per heavy atom. The normalized spacial score (nSPS) is 11.4. The quantitative estimate of drug-likeness (QED) is 0.714. The molecule has 0 aromatic heterocycles. The summed E-state index contributed by atoms with van der Waals surface area (Å²) in [6, 6.07) is 10.0. The van der Waals surface area contributed by atoms with E-state index in [0.29, 0.717) is 17.0 Å². The number of anilines is 1. The molecule has 0 fully saturated rings. The molecule has 28 heavy (non-hydrogen) atoms. The number of benzene rings is 2. The van der Waals surface area contributed by atoms with Crippen molar-refractivity contribution in [3.8, 4) is 5.75 Å². The van der Waals surface area contributed by atoms with E-state index in [-0.39, 0.29) is 6.61 Å². The number of hydrogen-bond donors (Lipinski definition) is 2. The van der Waals surface area contributed by atoms with Crippen molar-refractivity contribution in [2.75, 3.05) is 11.9 Å². The highest BCUT2D eigenvalue weighted by molar-refractivity contribution is 5.96. The zero-order valence-corrected chi connectivity index (χ0v) is 16.4. The van der Waals surface area contributed by atoms with Crippen LogP contribution in [0.15, 0.2) is 36.4 Å². The van der Waals surface area contributed by atoms with Gasteiger partial charge in [0.15, 0.2) is 12.7 Å². The van der Waals surface area contributed by atoms with E-state index in [1.165, 1.54) is 19.1 Å². The topological polar surface area (TPSA) is 108 Å². The third-order valence-electron chi connectivity index (χ3n) is 4.05. The SMILES string of the molecule is Cc1cc(C)c(OCC(=O)O[C@@H](C)C(=O)Nc2ccc(C(N)=O)cc2)c(C)c1. The van der Waals surface area contributed by atoms with Gasteiger partial charge in [0.05, 0.1) is 0 Å². The number of hydrogen-bond acceptors (Lipinski definition) is 5. The maximum Gasteiger partial charge on any atom is 0.344 e. The highest BCUT2D eigenvalue weighted by Gasteiger charge is 2.19. The Balaban J connectivity index is 1.87. The Morgan fingerprint density at radius 2 is 1.61 bits per heavy atom. The maximum atomic E-state index is 12.2. The second-order valence-corrected chi connectivity index (χ2v) is 6.58. The van der Waals surface area contributed by atoms with Gasteiger partial charge in [-0.1, -0.05) is 17.7 Å². The summed E-state index contributed by atoms with van der Waals surface area (Å²) >= 11 is 0. The summed E-state index contributed by atoms with van der Waals surface area (Å²) in [5, 5.41) is 2.60. The van der Waals surface area contributed by atoms with Crippen LogP contribution in [0.5, 0.6) is 5.75 Å². The number of amides is 2. The summed E-state index contributed by atoms with van der Waals surface area (Å²) in [4.78, 5) is 35.2. The van der Waals surface area contributed by atoms with Crippen LogP contribution in [0.4, 0.5) is 5.69 Å². The van der Waals surface area contributed by atoms with Crippen LogP contribution < -0.4 is 15.8 Å². The zero-order chi connectivity index (χ0) is 20.8. The number of carbonyl (C=O) groups is 3. The summed E-state index contributed by atoms with van der Waals surface area (Å²) in [7, 11) is 0. The first-order valence-corrected chi connectivity index (χ1v) is 8.78. The maximum absolute atomic E-state index is 12.2. The molecule has 0 aliphatic carbocycles. The van der Waals surface area contributed by atoms with Gasteiger partial charge >= 0.3 is 5.97 Å². The van der Waals surface area contributed by atoms with Crippen LogP contribution in [0.25, 0.3) is 0 Å². The van der Waals surface area contributed by atoms with E-state index in [0.717, 1.165) is 16.7 Å². The number of carbonyl (C=O) groups excluding carboxylic acids is 3. The average molecular weight is 384 g/mol. The van der Waals surface area contributed by atoms with Gasteiger partial charge in [-0.3, -0.25) is 9.59 Å². The predicted octanol–water partition coefficient (Wildman–Crippen LogP) is 2.66. The molecule has 7 heteroatoms. The van der Waals surface area contributed by atoms with Gasteiger partial charge in [0.2, 0.25) is 5.91 Å². The molecule has 0 radical (unpaired) electrons. The second kappa shape index (κ2) is 9.03. The number of nitrogens with two attached hydrogens (primary N) is 1. The van der Waals surface area contributed by atoms with Crippen molar-refractivity contribution in [1.82, 2.24) is 0 Å². The van der Waals surface area contributed by atoms with Crippen LogP contribution in [-0.2, 0) is 14.3 Å². The molecule has 0 unspecified atom stereocenters. The van der Waals surface area contributed by atoms with E-state index in [4.69, 9.17) is 15.2 Å². The van der Waals surface area contributed by atoms with Crippen LogP contribution >= 0.6 is 0 Å². The predicted molar refractivity (Wildman–Crippen MR) is 105 cm³/mol. The molecule has 2 aromatic rings. The van der Waals surface area contributed by atoms with E-state index in [1.54, 1.807) is 12.1 Å². The van der Waals surface area contributed by atoms with Crippen LogP contribution in [0, 0.1) is 20.8 Å². The summed E-state index contributed by atoms with van der Waals surface area (Å²) in [5.41, 5.74) is 8.92. The molecule has 0 heterocycles. The van der Waals surface area contributed by atoms with E-state index < -0.39 is 23.9 Å². The monoisotopic (exact) mass is 384 g/mol. The highest BCUT2D eigenvalue weighted by Crippen LogP contribution is 2.24. The van der Waals surface area contributed by atoms with Crippen molar-refractivity contribution in [2.24, 2.45) is 5.73 Å². The average Bonchev–Trinajstić information content (AvgIpc) is 2.61. The molecular weight excluding hydrogens is 360 g/mol. The van der Waals surface area contributed by atoms with Gasteiger partial charge in [-0.05, 0) is 63.1 Å². The molecule has 1 atom stereocenters. The molecule has 0 saturated carbocycles. The summed E-state index contributed by atoms with van der Waals surface area (Å²) in [6.07, 6.45) is -1.01. The van der Waals surface area contributed by atoms with Crippen LogP contribution in [0.1, 0.15) is 34.0 Å². The lowest BCUT2D eigenvalue weighted by molar-refractivity contribution is -0.155. The number of ether oxygens (including phenoxy) is 2. The summed E-state index contributed by atoms with van der Waals surface area (Å²) in [5.74, 6) is -1.07. The molecule has 2 rings (SSSR count). The lowest BCUT2D eigenvalue weighted by Gasteiger charge is -2.15. The van der Waals surface area contributed by atoms with Gasteiger partial charge in [0, 0.05) is 11.3 Å². The van der Waals surface area contributed by atoms with Crippen molar-refractivity contribution in [3.63, 3.8) is 0 Å². The number of rotatable bonds is 7. The van der Waals surface area contributed by atoms with E-state index in [2.05, 4.69) is 5.32 Å². The molecule has 0 aliphatic rings. The fourth-order valence-electron chi connectivity index (χ4n) is 2.77. The van der Waals surface area contributed by atoms with E-state index in [1.807, 2.05) is 32.9 Å². The Labute approximate surface area is 163 Å². The number of esters is 1. The Hall–Kier alpha value is -3.35. The van der Waals surface area contributed by atoms with Gasteiger partial charge in [-0.25, -0.2) is 4.79 Å². The summed E-state index contributed by atoms with van der Waals surface area (Å²) < 4.78 is 10.7. The first-order valence-electron chi connectivity index (χ1n) is 8.78. The molecule has 3 N–H and O–H groups in total. The van der Waals surface area contributed by atoms with Gasteiger partial charge in [0.25, 0.3) is 5.91 Å². The minimum absolute atomic E-state index is 0.296. The molecule has 2 amide bonds. The first-order chi connectivity index (χ1) is 13.2. The van der Waals surface area contributed by atoms with Crippen molar-refractivity contribution < 1.29 is 23.9 Å². The van der Waals surface area contributed by atoms with Crippen LogP contribution in [0.3, 0.4) is 0 Å². The lowest BCUT2D eigenvalue weighted by Crippen LogP contribution is -2.31. The number of aryl methyl sites for hydroxylation is 3. The van der Waals surface area contributed by atoms with Crippen molar-refractivity contribution >= 4 is 23.5 Å². The fourth-order valence-corrected chi connectivity index (χ4v) is 2.77. The Bertz CT molecular complexity index is 867. The van der Waals surface area contributed by atoms with Crippen molar-refractivity contribution in [3.05, 3.63) is 58.7 Å². The largest absolute Gasteiger partial charge is 0.481 e. The van der Waals surface area contributed by atoms with E-state index in [9.17, 15) is 14.4 Å². The molecule has 0 saturated heterocycles. The Morgan fingerprint density at radius 1 is 1.04 bits per heavy atom. The zero-order valence-electron chi connectivity index (χ0n) is 16.4. The van der Waals surface area contributed by atoms with Crippen molar-refractivity contribution in [1.29, 1.82) is 0 Å². The number of primary amides is 1. The molecule has 2 aromatic carbocycles. The van der Waals surface area contributed by atoms with Crippen LogP contribution in [-0.4, -0.2) is 30.5 Å². The molecule has 0 aliphatic heterocycles. The highest BCUT2D eigenvalue weighted by atomic mass is 16.6. The van der Waals surface area contributed by atoms with Gasteiger partial charge in [-0.2, -0.15) is 0 Å².